The molecule has 2 aliphatic rings. The minimum absolute atomic E-state index is 0.0496. The van der Waals surface area contributed by atoms with Gasteiger partial charge >= 0.3 is 6.03 Å². The smallest absolute Gasteiger partial charge is 0.317 e. The predicted molar refractivity (Wildman–Crippen MR) is 104 cm³/mol. The Hall–Kier alpha value is -0.720. The van der Waals surface area contributed by atoms with Crippen LogP contribution in [0.4, 0.5) is 4.79 Å². The van der Waals surface area contributed by atoms with Crippen LogP contribution in [0.3, 0.4) is 0 Å². The van der Waals surface area contributed by atoms with Gasteiger partial charge in [0, 0.05) is 48.6 Å². The van der Waals surface area contributed by atoms with Crippen molar-refractivity contribution in [3.8, 4) is 0 Å². The molecule has 1 aromatic heterocycles. The molecule has 1 N–H and O–H groups in total. The Morgan fingerprint density at radius 3 is 2.71 bits per heavy atom. The fourth-order valence-corrected chi connectivity index (χ4v) is 5.67. The molecule has 1 unspecified atom stereocenters. The van der Waals surface area contributed by atoms with Crippen LogP contribution >= 0.6 is 23.1 Å². The number of thiophene rings is 1. The van der Waals surface area contributed by atoms with E-state index in [-0.39, 0.29) is 17.6 Å². The lowest BCUT2D eigenvalue weighted by Crippen LogP contribution is -2.57. The molecule has 2 fully saturated rings. The van der Waals surface area contributed by atoms with Crippen molar-refractivity contribution < 1.29 is 4.79 Å². The van der Waals surface area contributed by atoms with Gasteiger partial charge < -0.3 is 10.2 Å². The Morgan fingerprint density at radius 1 is 1.38 bits per heavy atom. The van der Waals surface area contributed by atoms with Crippen molar-refractivity contribution in [1.29, 1.82) is 0 Å². The topological polar surface area (TPSA) is 35.6 Å². The maximum absolute atomic E-state index is 12.7. The van der Waals surface area contributed by atoms with Crippen LogP contribution in [0.2, 0.25) is 0 Å². The molecule has 1 atom stereocenters. The van der Waals surface area contributed by atoms with E-state index in [0.29, 0.717) is 0 Å². The minimum atomic E-state index is 0.0496. The highest BCUT2D eigenvalue weighted by Crippen LogP contribution is 2.36. The van der Waals surface area contributed by atoms with Crippen molar-refractivity contribution in [1.82, 2.24) is 15.1 Å². The monoisotopic (exact) mass is 367 g/mol. The quantitative estimate of drug-likeness (QED) is 0.859. The van der Waals surface area contributed by atoms with Gasteiger partial charge in [-0.2, -0.15) is 11.8 Å². The lowest BCUT2D eigenvalue weighted by molar-refractivity contribution is 0.101. The average molecular weight is 368 g/mol. The largest absolute Gasteiger partial charge is 0.336 e. The highest BCUT2D eigenvalue weighted by atomic mass is 32.2. The van der Waals surface area contributed by atoms with E-state index in [2.05, 4.69) is 40.3 Å². The number of rotatable bonds is 5. The van der Waals surface area contributed by atoms with Gasteiger partial charge in [0.15, 0.2) is 0 Å². The molecular weight excluding hydrogens is 338 g/mol. The Labute approximate surface area is 154 Å². The van der Waals surface area contributed by atoms with Crippen LogP contribution in [0, 0.1) is 0 Å². The van der Waals surface area contributed by atoms with E-state index in [1.807, 2.05) is 18.0 Å². The van der Waals surface area contributed by atoms with E-state index in [9.17, 15) is 4.79 Å². The molecule has 1 saturated carbocycles. The van der Waals surface area contributed by atoms with Gasteiger partial charge in [0.1, 0.15) is 0 Å². The first-order chi connectivity index (χ1) is 11.6. The van der Waals surface area contributed by atoms with Gasteiger partial charge in [-0.15, -0.1) is 11.3 Å². The number of hydrogen-bond donors (Lipinski definition) is 1. The van der Waals surface area contributed by atoms with Gasteiger partial charge in [0.05, 0.1) is 6.04 Å². The van der Waals surface area contributed by atoms with E-state index in [4.69, 9.17) is 0 Å². The van der Waals surface area contributed by atoms with Crippen LogP contribution in [0.25, 0.3) is 0 Å². The molecule has 0 radical (unpaired) electrons. The van der Waals surface area contributed by atoms with Gasteiger partial charge in [-0.05, 0) is 31.2 Å². The minimum Gasteiger partial charge on any atom is -0.336 e. The number of carbonyl (C=O) groups is 1. The molecular formula is C18H29N3OS2. The number of nitrogens with one attached hydrogen (secondary N) is 1. The van der Waals surface area contributed by atoms with E-state index < -0.39 is 0 Å². The van der Waals surface area contributed by atoms with E-state index in [1.54, 1.807) is 11.3 Å². The van der Waals surface area contributed by atoms with Crippen molar-refractivity contribution in [3.63, 3.8) is 0 Å². The van der Waals surface area contributed by atoms with E-state index in [0.717, 1.165) is 6.54 Å². The maximum atomic E-state index is 12.7. The van der Waals surface area contributed by atoms with Crippen LogP contribution in [-0.4, -0.2) is 59.6 Å². The maximum Gasteiger partial charge on any atom is 0.317 e. The third-order valence-corrected chi connectivity index (χ3v) is 7.63. The summed E-state index contributed by atoms with van der Waals surface area (Å²) >= 11 is 3.76. The average Bonchev–Trinajstić information content (AvgIpc) is 3.31. The summed E-state index contributed by atoms with van der Waals surface area (Å²) in [7, 11) is 1.90. The third-order valence-electron chi connectivity index (χ3n) is 5.64. The van der Waals surface area contributed by atoms with Crippen molar-refractivity contribution in [2.45, 2.75) is 44.2 Å². The van der Waals surface area contributed by atoms with Crippen molar-refractivity contribution in [3.05, 3.63) is 22.4 Å². The molecule has 1 aliphatic carbocycles. The SMILES string of the molecule is CC(c1cccs1)N(C)C(=O)NCC1(N2CCSCC2)CCCC1. The number of hydrogen-bond acceptors (Lipinski definition) is 4. The Bertz CT molecular complexity index is 522. The molecule has 0 spiro atoms. The van der Waals surface area contributed by atoms with E-state index in [1.165, 1.54) is 55.2 Å². The standard InChI is InChI=1S/C18H29N3OS2/c1-15(16-6-5-11-24-16)20(2)17(22)19-14-18(7-3-4-8-18)21-9-12-23-13-10-21/h5-6,11,15H,3-4,7-10,12-14H2,1-2H3,(H,19,22). The highest BCUT2D eigenvalue weighted by molar-refractivity contribution is 7.99. The summed E-state index contributed by atoms with van der Waals surface area (Å²) in [4.78, 5) is 18.4. The molecule has 24 heavy (non-hydrogen) atoms. The van der Waals surface area contributed by atoms with Crippen LogP contribution in [-0.2, 0) is 0 Å². The summed E-state index contributed by atoms with van der Waals surface area (Å²) in [6, 6.07) is 4.32. The van der Waals surface area contributed by atoms with Gasteiger partial charge in [0.2, 0.25) is 0 Å². The lowest BCUT2D eigenvalue weighted by Gasteiger charge is -2.43. The Kier molecular flexibility index (Phi) is 6.11. The second-order valence-corrected chi connectivity index (χ2v) is 9.20. The van der Waals surface area contributed by atoms with Gasteiger partial charge in [0.25, 0.3) is 0 Å². The second kappa shape index (κ2) is 8.11. The molecule has 3 rings (SSSR count). The zero-order valence-corrected chi connectivity index (χ0v) is 16.4. The highest BCUT2D eigenvalue weighted by Gasteiger charge is 2.40. The Balaban J connectivity index is 1.59. The molecule has 1 saturated heterocycles. The summed E-state index contributed by atoms with van der Waals surface area (Å²) in [5.74, 6) is 2.45. The number of amides is 2. The molecule has 4 nitrogen and oxygen atoms in total. The molecule has 0 aromatic carbocycles. The van der Waals surface area contributed by atoms with Gasteiger partial charge in [-0.3, -0.25) is 4.90 Å². The number of thioether (sulfide) groups is 1. The molecule has 0 bridgehead atoms. The van der Waals surface area contributed by atoms with Crippen molar-refractivity contribution in [2.75, 3.05) is 38.2 Å². The molecule has 2 amide bonds. The molecule has 134 valence electrons. The van der Waals surface area contributed by atoms with Crippen LogP contribution in [0.5, 0.6) is 0 Å². The summed E-state index contributed by atoms with van der Waals surface area (Å²) in [6.07, 6.45) is 5.03. The Morgan fingerprint density at radius 2 is 2.08 bits per heavy atom. The molecule has 2 heterocycles. The molecule has 1 aromatic rings. The molecule has 6 heteroatoms. The first kappa shape index (κ1) is 18.1. The van der Waals surface area contributed by atoms with Crippen molar-refractivity contribution >= 4 is 29.1 Å². The summed E-state index contributed by atoms with van der Waals surface area (Å²) in [5.41, 5.74) is 0.198. The zero-order valence-electron chi connectivity index (χ0n) is 14.8. The normalized spacial score (nSPS) is 22.2. The van der Waals surface area contributed by atoms with Crippen LogP contribution in [0.15, 0.2) is 17.5 Å². The van der Waals surface area contributed by atoms with Gasteiger partial charge in [-0.25, -0.2) is 4.79 Å². The summed E-state index contributed by atoms with van der Waals surface area (Å²) < 4.78 is 0. The first-order valence-electron chi connectivity index (χ1n) is 8.99. The summed E-state index contributed by atoms with van der Waals surface area (Å²) in [6.45, 7) is 5.22. The molecule has 1 aliphatic heterocycles. The fraction of sp³-hybridized carbons (Fsp3) is 0.722. The van der Waals surface area contributed by atoms with Crippen LogP contribution < -0.4 is 5.32 Å². The predicted octanol–water partition coefficient (Wildman–Crippen LogP) is 3.81. The van der Waals surface area contributed by atoms with E-state index >= 15 is 0 Å². The van der Waals surface area contributed by atoms with Crippen molar-refractivity contribution in [2.24, 2.45) is 0 Å². The first-order valence-corrected chi connectivity index (χ1v) is 11.0. The second-order valence-electron chi connectivity index (χ2n) is 6.99. The third kappa shape index (κ3) is 3.92. The van der Waals surface area contributed by atoms with Gasteiger partial charge in [-0.1, -0.05) is 18.9 Å². The zero-order chi connectivity index (χ0) is 17.0. The lowest BCUT2D eigenvalue weighted by atomic mass is 9.94. The number of urea groups is 1. The van der Waals surface area contributed by atoms with Crippen LogP contribution in [0.1, 0.15) is 43.5 Å². The summed E-state index contributed by atoms with van der Waals surface area (Å²) in [5, 5.41) is 5.32. The fourth-order valence-electron chi connectivity index (χ4n) is 3.94. The number of nitrogens with zero attached hydrogens (tertiary/aromatic N) is 2. The number of carbonyl (C=O) groups excluding carboxylic acids is 1.